The van der Waals surface area contributed by atoms with Gasteiger partial charge in [-0.15, -0.1) is 0 Å². The molecule has 0 saturated carbocycles. The first-order valence-electron chi connectivity index (χ1n) is 5.85. The molecule has 0 radical (unpaired) electrons. The van der Waals surface area contributed by atoms with E-state index in [-0.39, 0.29) is 6.10 Å². The van der Waals surface area contributed by atoms with Gasteiger partial charge in [0.25, 0.3) is 0 Å². The average molecular weight is 239 g/mol. The molecule has 0 unspecified atom stereocenters. The van der Waals surface area contributed by atoms with E-state index in [2.05, 4.69) is 20.7 Å². The fraction of sp³-hybridized carbons (Fsp3) is 0.636. The van der Waals surface area contributed by atoms with E-state index in [0.29, 0.717) is 19.0 Å². The summed E-state index contributed by atoms with van der Waals surface area (Å²) < 4.78 is 5.43. The largest absolute Gasteiger partial charge is 0.377 e. The van der Waals surface area contributed by atoms with E-state index in [1.54, 1.807) is 6.07 Å². The van der Waals surface area contributed by atoms with Crippen LogP contribution in [-0.2, 0) is 11.2 Å². The summed E-state index contributed by atoms with van der Waals surface area (Å²) in [7, 11) is 0. The molecule has 4 N–H and O–H groups in total. The van der Waals surface area contributed by atoms with Gasteiger partial charge in [-0.25, -0.2) is 15.8 Å². The molecule has 17 heavy (non-hydrogen) atoms. The molecule has 1 rings (SSSR count). The molecule has 0 fully saturated rings. The second-order valence-electron chi connectivity index (χ2n) is 3.90. The molecule has 6 heteroatoms. The van der Waals surface area contributed by atoms with Gasteiger partial charge in [0.1, 0.15) is 17.5 Å². The van der Waals surface area contributed by atoms with Crippen molar-refractivity contribution in [2.75, 3.05) is 23.9 Å². The van der Waals surface area contributed by atoms with Gasteiger partial charge in [0, 0.05) is 19.0 Å². The van der Waals surface area contributed by atoms with Crippen LogP contribution in [0.3, 0.4) is 0 Å². The van der Waals surface area contributed by atoms with E-state index in [0.717, 1.165) is 18.1 Å². The van der Waals surface area contributed by atoms with Gasteiger partial charge >= 0.3 is 0 Å². The minimum Gasteiger partial charge on any atom is -0.377 e. The van der Waals surface area contributed by atoms with E-state index in [1.165, 1.54) is 0 Å². The molecule has 0 atom stereocenters. The van der Waals surface area contributed by atoms with Gasteiger partial charge < -0.3 is 15.5 Å². The van der Waals surface area contributed by atoms with Gasteiger partial charge in [-0.1, -0.05) is 6.92 Å². The standard InChI is InChI=1S/C11H21N5O/c1-4-9-14-10(7-11(15-9)16-12)13-5-6-17-8(2)3/h7-8H,4-6,12H2,1-3H3,(H2,13,14,15,16). The second kappa shape index (κ2) is 7.03. The molecule has 0 aromatic carbocycles. The number of rotatable bonds is 7. The maximum absolute atomic E-state index is 5.43. The molecular weight excluding hydrogens is 218 g/mol. The van der Waals surface area contributed by atoms with Crippen molar-refractivity contribution in [1.82, 2.24) is 9.97 Å². The topological polar surface area (TPSA) is 85.1 Å². The molecule has 0 aliphatic rings. The molecule has 0 amide bonds. The van der Waals surface area contributed by atoms with E-state index in [4.69, 9.17) is 10.6 Å². The Morgan fingerprint density at radius 1 is 1.35 bits per heavy atom. The average Bonchev–Trinajstić information content (AvgIpc) is 2.34. The number of hydrazine groups is 1. The first kappa shape index (κ1) is 13.7. The summed E-state index contributed by atoms with van der Waals surface area (Å²) in [5, 5.41) is 3.18. The summed E-state index contributed by atoms with van der Waals surface area (Å²) >= 11 is 0. The molecule has 1 heterocycles. The minimum absolute atomic E-state index is 0.245. The Labute approximate surface area is 102 Å². The first-order chi connectivity index (χ1) is 8.15. The summed E-state index contributed by atoms with van der Waals surface area (Å²) in [5.74, 6) is 7.48. The predicted molar refractivity (Wildman–Crippen MR) is 68.8 cm³/mol. The number of nitrogens with one attached hydrogen (secondary N) is 2. The van der Waals surface area contributed by atoms with Crippen LogP contribution >= 0.6 is 0 Å². The van der Waals surface area contributed by atoms with Crippen LogP contribution in [-0.4, -0.2) is 29.2 Å². The fourth-order valence-electron chi connectivity index (χ4n) is 1.29. The molecule has 0 spiro atoms. The van der Waals surface area contributed by atoms with Gasteiger partial charge in [0.2, 0.25) is 0 Å². The molecule has 0 saturated heterocycles. The van der Waals surface area contributed by atoms with Crippen molar-refractivity contribution >= 4 is 11.6 Å². The fourth-order valence-corrected chi connectivity index (χ4v) is 1.29. The smallest absolute Gasteiger partial charge is 0.145 e. The van der Waals surface area contributed by atoms with Gasteiger partial charge in [-0.3, -0.25) is 0 Å². The highest BCUT2D eigenvalue weighted by Crippen LogP contribution is 2.10. The molecule has 1 aromatic rings. The number of aromatic nitrogens is 2. The van der Waals surface area contributed by atoms with E-state index in [9.17, 15) is 0 Å². The molecule has 1 aromatic heterocycles. The summed E-state index contributed by atoms with van der Waals surface area (Å²) in [6.45, 7) is 7.38. The maximum Gasteiger partial charge on any atom is 0.145 e. The van der Waals surface area contributed by atoms with Crippen molar-refractivity contribution in [3.05, 3.63) is 11.9 Å². The van der Waals surface area contributed by atoms with E-state index < -0.39 is 0 Å². The third-order valence-electron chi connectivity index (χ3n) is 2.10. The Morgan fingerprint density at radius 2 is 2.06 bits per heavy atom. The van der Waals surface area contributed by atoms with Crippen LogP contribution in [0.1, 0.15) is 26.6 Å². The minimum atomic E-state index is 0.245. The number of nitrogen functional groups attached to an aromatic ring is 1. The van der Waals surface area contributed by atoms with Gasteiger partial charge in [0.15, 0.2) is 0 Å². The zero-order valence-electron chi connectivity index (χ0n) is 10.7. The van der Waals surface area contributed by atoms with Crippen molar-refractivity contribution in [3.8, 4) is 0 Å². The zero-order valence-corrected chi connectivity index (χ0v) is 10.7. The number of aryl methyl sites for hydroxylation is 1. The summed E-state index contributed by atoms with van der Waals surface area (Å²) in [6.07, 6.45) is 1.02. The lowest BCUT2D eigenvalue weighted by Gasteiger charge is -2.10. The molecule has 0 aliphatic heterocycles. The normalized spacial score (nSPS) is 10.6. The Hall–Kier alpha value is -1.40. The summed E-state index contributed by atoms with van der Waals surface area (Å²) in [5.41, 5.74) is 2.53. The van der Waals surface area contributed by atoms with Crippen molar-refractivity contribution in [1.29, 1.82) is 0 Å². The molecule has 0 aliphatic carbocycles. The second-order valence-corrected chi connectivity index (χ2v) is 3.90. The van der Waals surface area contributed by atoms with E-state index in [1.807, 2.05) is 20.8 Å². The third-order valence-corrected chi connectivity index (χ3v) is 2.10. The van der Waals surface area contributed by atoms with Crippen LogP contribution in [0.2, 0.25) is 0 Å². The molecule has 6 nitrogen and oxygen atoms in total. The lowest BCUT2D eigenvalue weighted by Crippen LogP contribution is -2.16. The van der Waals surface area contributed by atoms with E-state index >= 15 is 0 Å². The van der Waals surface area contributed by atoms with Crippen LogP contribution in [0.15, 0.2) is 6.07 Å². The van der Waals surface area contributed by atoms with Crippen molar-refractivity contribution < 1.29 is 4.74 Å². The number of nitrogens with two attached hydrogens (primary N) is 1. The highest BCUT2D eigenvalue weighted by molar-refractivity contribution is 5.46. The Kier molecular flexibility index (Phi) is 5.65. The molecule has 0 bridgehead atoms. The van der Waals surface area contributed by atoms with Gasteiger partial charge in [-0.2, -0.15) is 0 Å². The molecular formula is C11H21N5O. The predicted octanol–water partition coefficient (Wildman–Crippen LogP) is 1.16. The Balaban J connectivity index is 2.51. The lowest BCUT2D eigenvalue weighted by atomic mass is 10.4. The third kappa shape index (κ3) is 4.97. The number of hydrogen-bond acceptors (Lipinski definition) is 6. The van der Waals surface area contributed by atoms with Crippen molar-refractivity contribution in [2.24, 2.45) is 5.84 Å². The molecule has 96 valence electrons. The quantitative estimate of drug-likeness (QED) is 0.376. The van der Waals surface area contributed by atoms with Crippen LogP contribution in [0.4, 0.5) is 11.6 Å². The summed E-state index contributed by atoms with van der Waals surface area (Å²) in [4.78, 5) is 8.55. The van der Waals surface area contributed by atoms with Gasteiger partial charge in [0.05, 0.1) is 12.7 Å². The summed E-state index contributed by atoms with van der Waals surface area (Å²) in [6, 6.07) is 1.77. The number of ether oxygens (including phenoxy) is 1. The van der Waals surface area contributed by atoms with Crippen LogP contribution in [0, 0.1) is 0 Å². The Morgan fingerprint density at radius 3 is 2.65 bits per heavy atom. The lowest BCUT2D eigenvalue weighted by molar-refractivity contribution is 0.0870. The van der Waals surface area contributed by atoms with Gasteiger partial charge in [-0.05, 0) is 13.8 Å². The Bertz CT molecular complexity index is 320. The number of nitrogens with zero attached hydrogens (tertiary/aromatic N) is 2. The van der Waals surface area contributed by atoms with Crippen LogP contribution < -0.4 is 16.6 Å². The monoisotopic (exact) mass is 239 g/mol. The highest BCUT2D eigenvalue weighted by Gasteiger charge is 2.02. The maximum atomic E-state index is 5.43. The zero-order chi connectivity index (χ0) is 12.7. The van der Waals surface area contributed by atoms with Crippen molar-refractivity contribution in [3.63, 3.8) is 0 Å². The van der Waals surface area contributed by atoms with Crippen LogP contribution in [0.25, 0.3) is 0 Å². The van der Waals surface area contributed by atoms with Crippen LogP contribution in [0.5, 0.6) is 0 Å². The SMILES string of the molecule is CCc1nc(NN)cc(NCCOC(C)C)n1. The number of hydrogen-bond donors (Lipinski definition) is 3. The first-order valence-corrected chi connectivity index (χ1v) is 5.85. The van der Waals surface area contributed by atoms with Crippen molar-refractivity contribution in [2.45, 2.75) is 33.3 Å². The highest BCUT2D eigenvalue weighted by atomic mass is 16.5. The number of anilines is 2.